The third-order valence-corrected chi connectivity index (χ3v) is 10.1. The molecule has 1 saturated heterocycles. The second kappa shape index (κ2) is 18.0. The van der Waals surface area contributed by atoms with E-state index in [1.165, 1.54) is 0 Å². The molecule has 1 fully saturated rings. The van der Waals surface area contributed by atoms with Crippen molar-refractivity contribution >= 4 is 35.0 Å². The molecule has 11 nitrogen and oxygen atoms in total. The van der Waals surface area contributed by atoms with Gasteiger partial charge in [0.15, 0.2) is 11.4 Å². The second-order valence-electron chi connectivity index (χ2n) is 12.8. The van der Waals surface area contributed by atoms with Crippen LogP contribution in [0.3, 0.4) is 0 Å². The third kappa shape index (κ3) is 9.86. The zero-order valence-electron chi connectivity index (χ0n) is 29.1. The van der Waals surface area contributed by atoms with Crippen LogP contribution in [0.2, 0.25) is 0 Å². The van der Waals surface area contributed by atoms with E-state index in [4.69, 9.17) is 15.2 Å². The summed E-state index contributed by atoms with van der Waals surface area (Å²) in [5, 5.41) is 24.4. The highest BCUT2D eigenvalue weighted by Crippen LogP contribution is 2.40. The van der Waals surface area contributed by atoms with E-state index in [2.05, 4.69) is 33.0 Å². The summed E-state index contributed by atoms with van der Waals surface area (Å²) >= 11 is 1.60. The summed E-state index contributed by atoms with van der Waals surface area (Å²) in [7, 11) is 1.92. The molecule has 270 valence electrons. The number of aryl methyl sites for hydroxylation is 1. The van der Waals surface area contributed by atoms with Gasteiger partial charge in [-0.05, 0) is 52.8 Å². The topological polar surface area (TPSA) is 154 Å². The summed E-state index contributed by atoms with van der Waals surface area (Å²) in [5.41, 5.74) is 12.9. The summed E-state index contributed by atoms with van der Waals surface area (Å²) < 4.78 is 14.9. The number of hydrogen-bond donors (Lipinski definition) is 4. The first-order valence-electron chi connectivity index (χ1n) is 17.4. The van der Waals surface area contributed by atoms with Gasteiger partial charge in [0.2, 0.25) is 11.8 Å². The van der Waals surface area contributed by atoms with Crippen LogP contribution in [0.25, 0.3) is 11.1 Å². The van der Waals surface area contributed by atoms with Crippen molar-refractivity contribution in [2.45, 2.75) is 68.9 Å². The summed E-state index contributed by atoms with van der Waals surface area (Å²) in [4.78, 5) is 25.0. The third-order valence-electron chi connectivity index (χ3n) is 8.96. The number of carbonyl (C=O) groups is 2. The maximum atomic E-state index is 12.7. The molecule has 3 atom stereocenters. The van der Waals surface area contributed by atoms with Gasteiger partial charge >= 0.3 is 0 Å². The van der Waals surface area contributed by atoms with E-state index < -0.39 is 6.29 Å². The van der Waals surface area contributed by atoms with Crippen molar-refractivity contribution in [3.8, 4) is 11.1 Å². The summed E-state index contributed by atoms with van der Waals surface area (Å²) in [6, 6.07) is 31.2. The molecule has 5 N–H and O–H groups in total. The number of benzene rings is 4. The van der Waals surface area contributed by atoms with Crippen LogP contribution in [0.15, 0.2) is 109 Å². The number of nitrogens with one attached hydrogen (secondary N) is 2. The molecule has 2 heterocycles. The number of unbranched alkanes of at least 4 members (excludes halogenated alkanes) is 1. The number of hydrogen-bond acceptors (Lipinski definition) is 9. The van der Waals surface area contributed by atoms with Crippen LogP contribution in [0, 0.1) is 0 Å². The lowest BCUT2D eigenvalue weighted by Crippen LogP contribution is -2.31. The Morgan fingerprint density at radius 2 is 1.62 bits per heavy atom. The lowest BCUT2D eigenvalue weighted by molar-refractivity contribution is -0.245. The fourth-order valence-corrected chi connectivity index (χ4v) is 6.95. The minimum atomic E-state index is -0.576. The van der Waals surface area contributed by atoms with Crippen molar-refractivity contribution in [1.29, 1.82) is 0 Å². The predicted molar refractivity (Wildman–Crippen MR) is 202 cm³/mol. The first-order chi connectivity index (χ1) is 25.4. The normalized spacial score (nSPS) is 17.1. The molecule has 0 radical (unpaired) electrons. The SMILES string of the molecule is Cn1cnnc1SC[C@@H]1C[C@H](c2ccc(CO)cc2)O[C@H](c2ccc(-c3ccccc3CNC(=O)CCCCC(=O)Nc3ccccc3N)cc2)O1. The van der Waals surface area contributed by atoms with Gasteiger partial charge in [0.1, 0.15) is 6.33 Å². The van der Waals surface area contributed by atoms with Crippen molar-refractivity contribution in [2.24, 2.45) is 7.05 Å². The number of carbonyl (C=O) groups excluding carboxylic acids is 2. The van der Waals surface area contributed by atoms with E-state index in [1.807, 2.05) is 84.4 Å². The molecule has 0 bridgehead atoms. The molecule has 1 aromatic heterocycles. The van der Waals surface area contributed by atoms with Crippen molar-refractivity contribution < 1.29 is 24.2 Å². The molecule has 5 aromatic rings. The summed E-state index contributed by atoms with van der Waals surface area (Å²) in [5.74, 6) is 0.510. The number of nitrogens with zero attached hydrogens (tertiary/aromatic N) is 3. The first-order valence-corrected chi connectivity index (χ1v) is 18.4. The molecular formula is C40H44N6O5S. The Kier molecular flexibility index (Phi) is 12.7. The largest absolute Gasteiger partial charge is 0.397 e. The minimum absolute atomic E-state index is 0.00958. The first kappa shape index (κ1) is 36.8. The van der Waals surface area contributed by atoms with Gasteiger partial charge in [-0.15, -0.1) is 10.2 Å². The van der Waals surface area contributed by atoms with Crippen molar-refractivity contribution in [3.05, 3.63) is 126 Å². The maximum Gasteiger partial charge on any atom is 0.224 e. The number of nitrogens with two attached hydrogens (primary N) is 1. The average molecular weight is 721 g/mol. The van der Waals surface area contributed by atoms with Gasteiger partial charge in [-0.1, -0.05) is 96.7 Å². The smallest absolute Gasteiger partial charge is 0.224 e. The number of amides is 2. The Hall–Kier alpha value is -5.01. The Morgan fingerprint density at radius 3 is 2.35 bits per heavy atom. The van der Waals surface area contributed by atoms with Crippen LogP contribution in [0.4, 0.5) is 11.4 Å². The summed E-state index contributed by atoms with van der Waals surface area (Å²) in [6.07, 6.45) is 3.35. The fourth-order valence-electron chi connectivity index (χ4n) is 6.05. The molecule has 12 heteroatoms. The van der Waals surface area contributed by atoms with Crippen LogP contribution in [0.1, 0.15) is 66.8 Å². The average Bonchev–Trinajstić information content (AvgIpc) is 3.60. The number of nitrogen functional groups attached to an aromatic ring is 1. The van der Waals surface area contributed by atoms with Crippen LogP contribution in [-0.2, 0) is 39.3 Å². The minimum Gasteiger partial charge on any atom is -0.397 e. The van der Waals surface area contributed by atoms with Gasteiger partial charge in [0.05, 0.1) is 30.2 Å². The Bertz CT molecular complexity index is 1930. The van der Waals surface area contributed by atoms with E-state index in [0.29, 0.717) is 55.8 Å². The van der Waals surface area contributed by atoms with Crippen LogP contribution in [-0.4, -0.2) is 43.5 Å². The molecule has 6 rings (SSSR count). The molecule has 1 aliphatic rings. The van der Waals surface area contributed by atoms with Crippen LogP contribution in [0.5, 0.6) is 0 Å². The van der Waals surface area contributed by atoms with Gasteiger partial charge < -0.3 is 35.5 Å². The highest BCUT2D eigenvalue weighted by Gasteiger charge is 2.32. The van der Waals surface area contributed by atoms with Crippen LogP contribution >= 0.6 is 11.8 Å². The number of thioether (sulfide) groups is 1. The zero-order chi connectivity index (χ0) is 36.3. The molecule has 4 aromatic carbocycles. The number of ether oxygens (including phenoxy) is 2. The Morgan fingerprint density at radius 1 is 0.904 bits per heavy atom. The highest BCUT2D eigenvalue weighted by molar-refractivity contribution is 7.99. The molecular weight excluding hydrogens is 677 g/mol. The predicted octanol–water partition coefficient (Wildman–Crippen LogP) is 6.71. The molecule has 52 heavy (non-hydrogen) atoms. The molecule has 0 saturated carbocycles. The van der Waals surface area contributed by atoms with E-state index in [0.717, 1.165) is 38.5 Å². The van der Waals surface area contributed by atoms with E-state index in [9.17, 15) is 14.7 Å². The molecule has 1 aliphatic heterocycles. The van der Waals surface area contributed by atoms with Crippen molar-refractivity contribution in [3.63, 3.8) is 0 Å². The maximum absolute atomic E-state index is 12.7. The Labute approximate surface area is 307 Å². The standard InChI is InChI=1S/C40H44N6O5S/c1-46-26-43-45-40(46)52-25-32-22-36(29-16-14-27(24-47)15-17-29)51-39(50-32)30-20-18-28(19-21-30)33-9-3-2-8-31(33)23-42-37(48)12-6-7-13-38(49)44-35-11-5-4-10-34(35)41/h2-5,8-11,14-21,26,32,36,39,47H,6-7,12-13,22-25,41H2,1H3,(H,42,48)(H,44,49)/t32-,36+,39+/m0/s1. The van der Waals surface area contributed by atoms with E-state index >= 15 is 0 Å². The number of aliphatic hydroxyl groups excluding tert-OH is 1. The molecule has 0 unspecified atom stereocenters. The number of rotatable bonds is 15. The van der Waals surface area contributed by atoms with Gasteiger partial charge in [-0.2, -0.15) is 0 Å². The second-order valence-corrected chi connectivity index (χ2v) is 13.8. The van der Waals surface area contributed by atoms with Crippen molar-refractivity contribution in [2.75, 3.05) is 16.8 Å². The van der Waals surface area contributed by atoms with Gasteiger partial charge in [0, 0.05) is 44.2 Å². The van der Waals surface area contributed by atoms with Gasteiger partial charge in [-0.25, -0.2) is 0 Å². The van der Waals surface area contributed by atoms with Gasteiger partial charge in [-0.3, -0.25) is 9.59 Å². The summed E-state index contributed by atoms with van der Waals surface area (Å²) in [6.45, 7) is 0.380. The molecule has 0 spiro atoms. The lowest BCUT2D eigenvalue weighted by atomic mass is 9.97. The van der Waals surface area contributed by atoms with E-state index in [1.54, 1.807) is 30.2 Å². The number of para-hydroxylation sites is 2. The number of aliphatic hydroxyl groups is 1. The van der Waals surface area contributed by atoms with E-state index in [-0.39, 0.29) is 30.6 Å². The monoisotopic (exact) mass is 720 g/mol. The Balaban J connectivity index is 1.05. The zero-order valence-corrected chi connectivity index (χ0v) is 29.9. The molecule has 0 aliphatic carbocycles. The quantitative estimate of drug-likeness (QED) is 0.0525. The van der Waals surface area contributed by atoms with Crippen LogP contribution < -0.4 is 16.4 Å². The van der Waals surface area contributed by atoms with Crippen molar-refractivity contribution in [1.82, 2.24) is 20.1 Å². The highest BCUT2D eigenvalue weighted by atomic mass is 32.2. The van der Waals surface area contributed by atoms with Gasteiger partial charge in [0.25, 0.3) is 0 Å². The number of anilines is 2. The number of aromatic nitrogens is 3. The fraction of sp³-hybridized carbons (Fsp3) is 0.300. The lowest BCUT2D eigenvalue weighted by Gasteiger charge is -2.36. The molecule has 2 amide bonds.